The summed E-state index contributed by atoms with van der Waals surface area (Å²) in [6.45, 7) is 1.80. The third kappa shape index (κ3) is 3.35. The predicted molar refractivity (Wildman–Crippen MR) is 89.4 cm³/mol. The van der Waals surface area contributed by atoms with Gasteiger partial charge in [-0.05, 0) is 43.3 Å². The van der Waals surface area contributed by atoms with Crippen molar-refractivity contribution in [1.29, 1.82) is 0 Å². The van der Waals surface area contributed by atoms with E-state index in [1.807, 2.05) is 29.6 Å². The van der Waals surface area contributed by atoms with E-state index >= 15 is 0 Å². The van der Waals surface area contributed by atoms with Gasteiger partial charge in [-0.2, -0.15) is 0 Å². The van der Waals surface area contributed by atoms with E-state index < -0.39 is 0 Å². The first-order chi connectivity index (χ1) is 10.6. The highest BCUT2D eigenvalue weighted by Crippen LogP contribution is 2.25. The lowest BCUT2D eigenvalue weighted by Gasteiger charge is -1.95. The zero-order valence-corrected chi connectivity index (χ0v) is 13.3. The number of furan rings is 1. The molecule has 0 spiro atoms. The highest BCUT2D eigenvalue weighted by atomic mass is 35.5. The molecule has 0 atom stereocenters. The van der Waals surface area contributed by atoms with E-state index in [1.54, 1.807) is 25.1 Å². The molecule has 0 aliphatic carbocycles. The fourth-order valence-corrected chi connectivity index (χ4v) is 2.82. The van der Waals surface area contributed by atoms with E-state index in [0.29, 0.717) is 10.8 Å². The number of benzene rings is 1. The average molecular weight is 330 g/mol. The second-order valence-corrected chi connectivity index (χ2v) is 5.99. The van der Waals surface area contributed by atoms with Gasteiger partial charge < -0.3 is 4.42 Å². The quantitative estimate of drug-likeness (QED) is 0.484. The summed E-state index contributed by atoms with van der Waals surface area (Å²) in [6, 6.07) is 10.9. The van der Waals surface area contributed by atoms with Gasteiger partial charge in [0.05, 0.1) is 5.69 Å². The maximum absolute atomic E-state index is 11.9. The van der Waals surface area contributed by atoms with Crippen LogP contribution in [0.25, 0.3) is 16.6 Å². The summed E-state index contributed by atoms with van der Waals surface area (Å²) in [5.74, 6) is 0.881. The molecule has 0 saturated carbocycles. The summed E-state index contributed by atoms with van der Waals surface area (Å²) in [5, 5.41) is 3.48. The van der Waals surface area contributed by atoms with Crippen molar-refractivity contribution in [3.05, 3.63) is 70.1 Å². The lowest BCUT2D eigenvalue weighted by Crippen LogP contribution is -1.90. The van der Waals surface area contributed by atoms with E-state index in [0.717, 1.165) is 22.0 Å². The van der Waals surface area contributed by atoms with Crippen molar-refractivity contribution in [2.45, 2.75) is 6.92 Å². The molecule has 0 bridgehead atoms. The first-order valence-electron chi connectivity index (χ1n) is 6.62. The zero-order chi connectivity index (χ0) is 15.5. The topological polar surface area (TPSA) is 43.1 Å². The minimum absolute atomic E-state index is 0.172. The fourth-order valence-electron chi connectivity index (χ4n) is 1.90. The van der Waals surface area contributed by atoms with Gasteiger partial charge in [0.25, 0.3) is 0 Å². The molecule has 0 radical (unpaired) electrons. The lowest BCUT2D eigenvalue weighted by atomic mass is 10.2. The minimum Gasteiger partial charge on any atom is -0.458 e. The summed E-state index contributed by atoms with van der Waals surface area (Å²) in [7, 11) is 0. The lowest BCUT2D eigenvalue weighted by molar-refractivity contribution is 0.102. The molecule has 2 aromatic heterocycles. The van der Waals surface area contributed by atoms with Gasteiger partial charge in [-0.25, -0.2) is 4.98 Å². The largest absolute Gasteiger partial charge is 0.458 e. The molecule has 0 N–H and O–H groups in total. The SMILES string of the molecule is Cc1ccc(C(=O)C=Cc2csc(-c3ccc(Cl)cc3)n2)o1. The molecule has 110 valence electrons. The molecule has 0 aliphatic rings. The van der Waals surface area contributed by atoms with Gasteiger partial charge in [0, 0.05) is 16.0 Å². The molecule has 0 fully saturated rings. The molecular formula is C17H12ClNO2S. The second-order valence-electron chi connectivity index (χ2n) is 4.69. The van der Waals surface area contributed by atoms with Crippen LogP contribution in [0.2, 0.25) is 5.02 Å². The van der Waals surface area contributed by atoms with Gasteiger partial charge in [-0.3, -0.25) is 4.79 Å². The Kier molecular flexibility index (Phi) is 4.22. The third-order valence-corrected chi connectivity index (χ3v) is 4.16. The van der Waals surface area contributed by atoms with E-state index in [2.05, 4.69) is 4.98 Å². The second kappa shape index (κ2) is 6.30. The van der Waals surface area contributed by atoms with Crippen LogP contribution >= 0.6 is 22.9 Å². The number of carbonyl (C=O) groups excluding carboxylic acids is 1. The van der Waals surface area contributed by atoms with Gasteiger partial charge in [-0.1, -0.05) is 23.7 Å². The highest BCUT2D eigenvalue weighted by Gasteiger charge is 2.07. The smallest absolute Gasteiger partial charge is 0.221 e. The Labute approximate surface area is 136 Å². The van der Waals surface area contributed by atoms with Crippen LogP contribution in [0.3, 0.4) is 0 Å². The molecule has 3 aromatic rings. The number of aryl methyl sites for hydroxylation is 1. The van der Waals surface area contributed by atoms with E-state index in [-0.39, 0.29) is 5.78 Å². The van der Waals surface area contributed by atoms with Crippen LogP contribution in [0, 0.1) is 6.92 Å². The highest BCUT2D eigenvalue weighted by molar-refractivity contribution is 7.13. The Morgan fingerprint density at radius 1 is 1.23 bits per heavy atom. The van der Waals surface area contributed by atoms with Gasteiger partial charge in [0.15, 0.2) is 5.76 Å². The summed E-state index contributed by atoms with van der Waals surface area (Å²) in [6.07, 6.45) is 3.16. The Morgan fingerprint density at radius 2 is 2.00 bits per heavy atom. The Bertz CT molecular complexity index is 830. The summed E-state index contributed by atoms with van der Waals surface area (Å²) < 4.78 is 5.29. The number of hydrogen-bond donors (Lipinski definition) is 0. The minimum atomic E-state index is -0.172. The maximum atomic E-state index is 11.9. The van der Waals surface area contributed by atoms with Gasteiger partial charge >= 0.3 is 0 Å². The Hall–Kier alpha value is -2.17. The number of ketones is 1. The number of carbonyl (C=O) groups is 1. The normalized spacial score (nSPS) is 11.2. The molecular weight excluding hydrogens is 318 g/mol. The van der Waals surface area contributed by atoms with Crippen molar-refractivity contribution in [1.82, 2.24) is 4.98 Å². The van der Waals surface area contributed by atoms with Crippen LogP contribution in [-0.2, 0) is 0 Å². The molecule has 0 saturated heterocycles. The van der Waals surface area contributed by atoms with Crippen LogP contribution in [0.15, 0.2) is 52.3 Å². The monoisotopic (exact) mass is 329 g/mol. The summed E-state index contributed by atoms with van der Waals surface area (Å²) >= 11 is 7.39. The van der Waals surface area contributed by atoms with Gasteiger partial charge in [0.2, 0.25) is 5.78 Å². The van der Waals surface area contributed by atoms with Crippen molar-refractivity contribution >= 4 is 34.8 Å². The molecule has 22 heavy (non-hydrogen) atoms. The Morgan fingerprint density at radius 3 is 2.68 bits per heavy atom. The van der Waals surface area contributed by atoms with Crippen LogP contribution in [0.1, 0.15) is 22.0 Å². The van der Waals surface area contributed by atoms with Crippen LogP contribution in [0.4, 0.5) is 0 Å². The molecule has 0 aliphatic heterocycles. The molecule has 5 heteroatoms. The van der Waals surface area contributed by atoms with Crippen LogP contribution < -0.4 is 0 Å². The average Bonchev–Trinajstić information content (AvgIpc) is 3.15. The fraction of sp³-hybridized carbons (Fsp3) is 0.0588. The third-order valence-electron chi connectivity index (χ3n) is 3.00. The van der Waals surface area contributed by atoms with Crippen LogP contribution in [-0.4, -0.2) is 10.8 Å². The summed E-state index contributed by atoms with van der Waals surface area (Å²) in [5.41, 5.74) is 1.74. The van der Waals surface area contributed by atoms with E-state index in [9.17, 15) is 4.79 Å². The van der Waals surface area contributed by atoms with Crippen molar-refractivity contribution in [3.8, 4) is 10.6 Å². The molecule has 0 unspecified atom stereocenters. The Balaban J connectivity index is 1.75. The van der Waals surface area contributed by atoms with Crippen molar-refractivity contribution in [2.75, 3.05) is 0 Å². The number of rotatable bonds is 4. The van der Waals surface area contributed by atoms with Gasteiger partial charge in [0.1, 0.15) is 10.8 Å². The summed E-state index contributed by atoms with van der Waals surface area (Å²) in [4.78, 5) is 16.4. The van der Waals surface area contributed by atoms with E-state index in [4.69, 9.17) is 16.0 Å². The number of thiazole rings is 1. The molecule has 0 amide bonds. The predicted octanol–water partition coefficient (Wildman–Crippen LogP) is 5.26. The number of nitrogens with zero attached hydrogens (tertiary/aromatic N) is 1. The molecule has 1 aromatic carbocycles. The van der Waals surface area contributed by atoms with Crippen molar-refractivity contribution in [3.63, 3.8) is 0 Å². The number of allylic oxidation sites excluding steroid dienone is 1. The van der Waals surface area contributed by atoms with Crippen molar-refractivity contribution < 1.29 is 9.21 Å². The molecule has 2 heterocycles. The number of halogens is 1. The number of hydrogen-bond acceptors (Lipinski definition) is 4. The van der Waals surface area contributed by atoms with Crippen LogP contribution in [0.5, 0.6) is 0 Å². The van der Waals surface area contributed by atoms with E-state index in [1.165, 1.54) is 17.4 Å². The first kappa shape index (κ1) is 14.8. The standard InChI is InChI=1S/C17H12ClNO2S/c1-11-2-9-16(21-11)15(20)8-7-14-10-22-17(19-14)12-3-5-13(18)6-4-12/h2-10H,1H3. The first-order valence-corrected chi connectivity index (χ1v) is 7.88. The maximum Gasteiger partial charge on any atom is 0.221 e. The molecule has 3 rings (SSSR count). The van der Waals surface area contributed by atoms with Crippen molar-refractivity contribution in [2.24, 2.45) is 0 Å². The molecule has 3 nitrogen and oxygen atoms in total. The zero-order valence-electron chi connectivity index (χ0n) is 11.7. The number of aromatic nitrogens is 1. The van der Waals surface area contributed by atoms with Gasteiger partial charge in [-0.15, -0.1) is 11.3 Å².